The van der Waals surface area contributed by atoms with Crippen LogP contribution in [0.5, 0.6) is 0 Å². The number of fused-ring (bicyclic) bond motifs is 2. The van der Waals surface area contributed by atoms with Crippen molar-refractivity contribution in [2.45, 2.75) is 38.3 Å². The van der Waals surface area contributed by atoms with Gasteiger partial charge in [-0.3, -0.25) is 9.59 Å². The molecule has 6 nitrogen and oxygen atoms in total. The maximum absolute atomic E-state index is 13.0. The second-order valence-electron chi connectivity index (χ2n) is 8.82. The average Bonchev–Trinajstić information content (AvgIpc) is 3.40. The van der Waals surface area contributed by atoms with Gasteiger partial charge in [-0.1, -0.05) is 6.42 Å². The number of benzene rings is 1. The van der Waals surface area contributed by atoms with Gasteiger partial charge in [0.15, 0.2) is 0 Å². The van der Waals surface area contributed by atoms with E-state index in [9.17, 15) is 9.59 Å². The monoisotopic (exact) mass is 382 g/mol. The second-order valence-corrected chi connectivity index (χ2v) is 8.82. The lowest BCUT2D eigenvalue weighted by Gasteiger charge is -2.28. The van der Waals surface area contributed by atoms with Crippen LogP contribution in [0.4, 0.5) is 0 Å². The fourth-order valence-corrected chi connectivity index (χ4v) is 5.34. The Morgan fingerprint density at radius 1 is 1.11 bits per heavy atom. The maximum Gasteiger partial charge on any atom is 0.254 e. The van der Waals surface area contributed by atoms with Crippen LogP contribution in [0.15, 0.2) is 18.2 Å². The Morgan fingerprint density at radius 3 is 2.79 bits per heavy atom. The van der Waals surface area contributed by atoms with E-state index >= 15 is 0 Å². The smallest absolute Gasteiger partial charge is 0.254 e. The van der Waals surface area contributed by atoms with E-state index in [-0.39, 0.29) is 11.8 Å². The zero-order valence-electron chi connectivity index (χ0n) is 16.5. The van der Waals surface area contributed by atoms with Gasteiger partial charge in [-0.2, -0.15) is 0 Å². The minimum Gasteiger partial charge on any atom is -0.337 e. The van der Waals surface area contributed by atoms with Crippen LogP contribution >= 0.6 is 0 Å². The van der Waals surface area contributed by atoms with Crippen molar-refractivity contribution in [3.05, 3.63) is 34.9 Å². The number of nitrogens with one attached hydrogen (secondary N) is 1. The van der Waals surface area contributed by atoms with Crippen LogP contribution < -0.4 is 5.32 Å². The highest BCUT2D eigenvalue weighted by atomic mass is 16.2. The molecule has 0 radical (unpaired) electrons. The Bertz CT molecular complexity index is 762. The van der Waals surface area contributed by atoms with Gasteiger partial charge in [0, 0.05) is 49.9 Å². The summed E-state index contributed by atoms with van der Waals surface area (Å²) in [6.07, 6.45) is 5.04. The van der Waals surface area contributed by atoms with Crippen molar-refractivity contribution in [2.75, 3.05) is 45.8 Å². The third-order valence-electron chi connectivity index (χ3n) is 7.02. The molecule has 1 aromatic rings. The summed E-state index contributed by atoms with van der Waals surface area (Å²) >= 11 is 0. The van der Waals surface area contributed by atoms with E-state index in [1.165, 1.54) is 25.7 Å². The van der Waals surface area contributed by atoms with Gasteiger partial charge in [0.25, 0.3) is 11.8 Å². The number of carbonyl (C=O) groups excluding carboxylic acids is 2. The maximum atomic E-state index is 13.0. The SMILES string of the molecule is O=C(c1ccc2c(c1)CN(CCN1CCCCC1)C2=O)N1C[C@H]2CCN[C@H]2C1. The molecular formula is C22H30N4O2. The summed E-state index contributed by atoms with van der Waals surface area (Å²) in [6, 6.07) is 6.12. The molecule has 0 bridgehead atoms. The number of piperidine rings is 1. The Morgan fingerprint density at radius 2 is 1.96 bits per heavy atom. The molecule has 4 heterocycles. The van der Waals surface area contributed by atoms with Gasteiger partial charge >= 0.3 is 0 Å². The van der Waals surface area contributed by atoms with Crippen LogP contribution in [0, 0.1) is 5.92 Å². The van der Waals surface area contributed by atoms with E-state index in [0.717, 1.165) is 62.5 Å². The van der Waals surface area contributed by atoms with Crippen molar-refractivity contribution < 1.29 is 9.59 Å². The van der Waals surface area contributed by atoms with E-state index in [1.54, 1.807) is 0 Å². The van der Waals surface area contributed by atoms with E-state index in [4.69, 9.17) is 0 Å². The molecule has 1 aromatic carbocycles. The molecule has 28 heavy (non-hydrogen) atoms. The van der Waals surface area contributed by atoms with Gasteiger partial charge in [0.1, 0.15) is 0 Å². The van der Waals surface area contributed by atoms with Gasteiger partial charge in [-0.25, -0.2) is 0 Å². The Labute approximate surface area is 166 Å². The molecule has 1 N–H and O–H groups in total. The lowest BCUT2D eigenvalue weighted by atomic mass is 10.0. The van der Waals surface area contributed by atoms with Crippen molar-refractivity contribution in [1.82, 2.24) is 20.0 Å². The summed E-state index contributed by atoms with van der Waals surface area (Å²) in [6.45, 7) is 7.41. The fraction of sp³-hybridized carbons (Fsp3) is 0.636. The Balaban J connectivity index is 1.23. The van der Waals surface area contributed by atoms with Crippen molar-refractivity contribution >= 4 is 11.8 Å². The van der Waals surface area contributed by atoms with Crippen molar-refractivity contribution in [3.8, 4) is 0 Å². The third-order valence-corrected chi connectivity index (χ3v) is 7.02. The second kappa shape index (κ2) is 7.48. The predicted octanol–water partition coefficient (Wildman–Crippen LogP) is 1.56. The summed E-state index contributed by atoms with van der Waals surface area (Å²) in [7, 11) is 0. The highest BCUT2D eigenvalue weighted by Crippen LogP contribution is 2.28. The lowest BCUT2D eigenvalue weighted by Crippen LogP contribution is -2.38. The molecule has 0 spiro atoms. The largest absolute Gasteiger partial charge is 0.337 e. The van der Waals surface area contributed by atoms with E-state index < -0.39 is 0 Å². The number of likely N-dealkylation sites (tertiary alicyclic amines) is 2. The number of nitrogens with zero attached hydrogens (tertiary/aromatic N) is 3. The van der Waals surface area contributed by atoms with Crippen molar-refractivity contribution in [1.29, 1.82) is 0 Å². The molecule has 4 aliphatic rings. The van der Waals surface area contributed by atoms with E-state index in [2.05, 4.69) is 10.2 Å². The molecule has 3 fully saturated rings. The van der Waals surface area contributed by atoms with Crippen LogP contribution in [0.3, 0.4) is 0 Å². The molecule has 150 valence electrons. The number of carbonyl (C=O) groups is 2. The standard InChI is InChI=1S/C22H30N4O2/c27-21(26-13-17-6-7-23-20(17)15-26)16-4-5-19-18(12-16)14-25(22(19)28)11-10-24-8-2-1-3-9-24/h4-5,12,17,20,23H,1-3,6-11,13-15H2/t17-,20+/m1/s1. The van der Waals surface area contributed by atoms with Gasteiger partial charge < -0.3 is 20.0 Å². The van der Waals surface area contributed by atoms with Gasteiger partial charge in [-0.15, -0.1) is 0 Å². The number of hydrogen-bond donors (Lipinski definition) is 1. The molecule has 0 unspecified atom stereocenters. The molecule has 4 aliphatic heterocycles. The first-order valence-electron chi connectivity index (χ1n) is 10.9. The van der Waals surface area contributed by atoms with Gasteiger partial charge in [0.05, 0.1) is 0 Å². The van der Waals surface area contributed by atoms with Crippen LogP contribution in [0.2, 0.25) is 0 Å². The average molecular weight is 383 g/mol. The third kappa shape index (κ3) is 3.33. The first kappa shape index (κ1) is 18.1. The molecule has 2 atom stereocenters. The Hall–Kier alpha value is -1.92. The minimum atomic E-state index is 0.109. The van der Waals surface area contributed by atoms with Crippen LogP contribution in [-0.4, -0.2) is 78.4 Å². The highest BCUT2D eigenvalue weighted by Gasteiger charge is 2.38. The minimum absolute atomic E-state index is 0.109. The van der Waals surface area contributed by atoms with Gasteiger partial charge in [-0.05, 0) is 68.6 Å². The van der Waals surface area contributed by atoms with Crippen molar-refractivity contribution in [2.24, 2.45) is 5.92 Å². The quantitative estimate of drug-likeness (QED) is 0.859. The molecule has 0 aromatic heterocycles. The highest BCUT2D eigenvalue weighted by molar-refractivity contribution is 6.01. The predicted molar refractivity (Wildman–Crippen MR) is 107 cm³/mol. The fourth-order valence-electron chi connectivity index (χ4n) is 5.34. The Kier molecular flexibility index (Phi) is 4.85. The van der Waals surface area contributed by atoms with Crippen LogP contribution in [-0.2, 0) is 6.54 Å². The number of amides is 2. The number of hydrogen-bond acceptors (Lipinski definition) is 4. The number of rotatable bonds is 4. The molecule has 5 rings (SSSR count). The normalized spacial score (nSPS) is 27.4. The first-order valence-corrected chi connectivity index (χ1v) is 10.9. The first-order chi connectivity index (χ1) is 13.7. The van der Waals surface area contributed by atoms with Crippen LogP contribution in [0.25, 0.3) is 0 Å². The lowest BCUT2D eigenvalue weighted by molar-refractivity contribution is 0.0751. The zero-order chi connectivity index (χ0) is 19.1. The van der Waals surface area contributed by atoms with Crippen molar-refractivity contribution in [3.63, 3.8) is 0 Å². The van der Waals surface area contributed by atoms with Crippen LogP contribution in [0.1, 0.15) is 52.0 Å². The van der Waals surface area contributed by atoms with E-state index in [1.807, 2.05) is 28.0 Å². The zero-order valence-corrected chi connectivity index (χ0v) is 16.5. The topological polar surface area (TPSA) is 55.9 Å². The molecule has 2 amide bonds. The molecule has 0 saturated carbocycles. The molecule has 3 saturated heterocycles. The molecule has 6 heteroatoms. The summed E-state index contributed by atoms with van der Waals surface area (Å²) in [5.74, 6) is 0.828. The summed E-state index contributed by atoms with van der Waals surface area (Å²) in [5.41, 5.74) is 2.51. The van der Waals surface area contributed by atoms with Gasteiger partial charge in [0.2, 0.25) is 0 Å². The van der Waals surface area contributed by atoms with E-state index in [0.29, 0.717) is 18.5 Å². The summed E-state index contributed by atoms with van der Waals surface area (Å²) in [5, 5.41) is 3.50. The summed E-state index contributed by atoms with van der Waals surface area (Å²) in [4.78, 5) is 32.1. The molecule has 0 aliphatic carbocycles. The molecular weight excluding hydrogens is 352 g/mol. The summed E-state index contributed by atoms with van der Waals surface area (Å²) < 4.78 is 0.